The largest absolute Gasteiger partial charge is 0.304 e. The van der Waals surface area contributed by atoms with Gasteiger partial charge in [-0.05, 0) is 37.5 Å². The van der Waals surface area contributed by atoms with Gasteiger partial charge in [-0.25, -0.2) is 12.8 Å². The topological polar surface area (TPSA) is 54.5 Å². The monoisotopic (exact) mass is 441 g/mol. The first-order valence-electron chi connectivity index (χ1n) is 8.27. The highest BCUT2D eigenvalue weighted by atomic mass is 79.9. The van der Waals surface area contributed by atoms with Crippen LogP contribution in [-0.4, -0.2) is 25.6 Å². The summed E-state index contributed by atoms with van der Waals surface area (Å²) in [6.45, 7) is 1.95. The summed E-state index contributed by atoms with van der Waals surface area (Å²) < 4.78 is 41.9. The van der Waals surface area contributed by atoms with E-state index < -0.39 is 21.1 Å². The molecule has 26 heavy (non-hydrogen) atoms. The van der Waals surface area contributed by atoms with Gasteiger partial charge in [-0.15, -0.1) is 0 Å². The van der Waals surface area contributed by atoms with Gasteiger partial charge < -0.3 is 4.79 Å². The zero-order chi connectivity index (χ0) is 19.2. The van der Waals surface area contributed by atoms with Gasteiger partial charge in [0, 0.05) is 23.1 Å². The van der Waals surface area contributed by atoms with E-state index in [0.717, 1.165) is 18.3 Å². The zero-order valence-electron chi connectivity index (χ0n) is 14.4. The third kappa shape index (κ3) is 4.99. The standard InChI is InChI=1S/C17H17BrFNO2S.C2H4O/c18-15-9-8-14(16(19)11-15)12-20-10-4-7-17(23(20,21)22)13-5-2-1-3-6-13;1-2-3/h1-3,5-6,8-9,11,17H,4,7,10,12H2;2H,1H3. The molecule has 1 heterocycles. The van der Waals surface area contributed by atoms with Crippen LogP contribution < -0.4 is 0 Å². The Morgan fingerprint density at radius 2 is 1.88 bits per heavy atom. The Labute approximate surface area is 162 Å². The highest BCUT2D eigenvalue weighted by Crippen LogP contribution is 2.35. The lowest BCUT2D eigenvalue weighted by molar-refractivity contribution is -0.106. The molecule has 1 fully saturated rings. The van der Waals surface area contributed by atoms with Gasteiger partial charge in [0.2, 0.25) is 10.0 Å². The van der Waals surface area contributed by atoms with Crippen molar-refractivity contribution in [2.24, 2.45) is 0 Å². The first-order valence-corrected chi connectivity index (χ1v) is 10.6. The molecule has 1 aliphatic heterocycles. The molecule has 0 bridgehead atoms. The second kappa shape index (κ2) is 9.39. The van der Waals surface area contributed by atoms with E-state index in [1.54, 1.807) is 12.1 Å². The number of carbonyl (C=O) groups is 1. The Morgan fingerprint density at radius 1 is 1.23 bits per heavy atom. The quantitative estimate of drug-likeness (QED) is 0.660. The Balaban J connectivity index is 0.000000758. The van der Waals surface area contributed by atoms with Gasteiger partial charge in [-0.2, -0.15) is 4.31 Å². The van der Waals surface area contributed by atoms with E-state index in [1.807, 2.05) is 30.3 Å². The summed E-state index contributed by atoms with van der Waals surface area (Å²) in [5.74, 6) is -0.392. The molecule has 0 radical (unpaired) electrons. The summed E-state index contributed by atoms with van der Waals surface area (Å²) in [5, 5.41) is -0.545. The van der Waals surface area contributed by atoms with Gasteiger partial charge in [0.25, 0.3) is 0 Å². The Hall–Kier alpha value is -1.57. The zero-order valence-corrected chi connectivity index (χ0v) is 16.8. The van der Waals surface area contributed by atoms with Gasteiger partial charge in [0.05, 0.1) is 0 Å². The van der Waals surface area contributed by atoms with Gasteiger partial charge >= 0.3 is 0 Å². The van der Waals surface area contributed by atoms with Crippen molar-refractivity contribution in [3.63, 3.8) is 0 Å². The number of halogens is 2. The highest BCUT2D eigenvalue weighted by molar-refractivity contribution is 9.10. The van der Waals surface area contributed by atoms with Crippen molar-refractivity contribution >= 4 is 32.2 Å². The molecule has 0 saturated carbocycles. The summed E-state index contributed by atoms with van der Waals surface area (Å²) in [5.41, 5.74) is 1.19. The number of sulfonamides is 1. The fraction of sp³-hybridized carbons (Fsp3) is 0.316. The van der Waals surface area contributed by atoms with Crippen molar-refractivity contribution in [2.45, 2.75) is 31.6 Å². The van der Waals surface area contributed by atoms with E-state index >= 15 is 0 Å². The normalized spacial score (nSPS) is 19.3. The van der Waals surface area contributed by atoms with Crippen molar-refractivity contribution in [1.82, 2.24) is 4.31 Å². The molecule has 0 aliphatic carbocycles. The molecule has 0 aromatic heterocycles. The lowest BCUT2D eigenvalue weighted by atomic mass is 10.1. The average Bonchev–Trinajstić information content (AvgIpc) is 2.60. The van der Waals surface area contributed by atoms with Gasteiger partial charge in [-0.3, -0.25) is 0 Å². The van der Waals surface area contributed by atoms with E-state index in [1.165, 1.54) is 17.3 Å². The maximum absolute atomic E-state index is 14.0. The summed E-state index contributed by atoms with van der Waals surface area (Å²) >= 11 is 3.21. The Kier molecular flexibility index (Phi) is 7.49. The van der Waals surface area contributed by atoms with Crippen LogP contribution in [0.25, 0.3) is 0 Å². The number of carbonyl (C=O) groups excluding carboxylic acids is 1. The number of benzene rings is 2. The minimum atomic E-state index is -3.49. The van der Waals surface area contributed by atoms with Gasteiger partial charge in [-0.1, -0.05) is 52.3 Å². The van der Waals surface area contributed by atoms with Crippen LogP contribution in [0.5, 0.6) is 0 Å². The number of rotatable bonds is 3. The Bertz CT molecular complexity index is 843. The van der Waals surface area contributed by atoms with Crippen molar-refractivity contribution in [3.05, 3.63) is 69.9 Å². The highest BCUT2D eigenvalue weighted by Gasteiger charge is 2.36. The van der Waals surface area contributed by atoms with Crippen LogP contribution >= 0.6 is 15.9 Å². The molecular weight excluding hydrogens is 421 g/mol. The fourth-order valence-electron chi connectivity index (χ4n) is 2.92. The van der Waals surface area contributed by atoms with Gasteiger partial charge in [0.15, 0.2) is 0 Å². The summed E-state index contributed by atoms with van der Waals surface area (Å²) in [6.07, 6.45) is 2.13. The number of hydrogen-bond acceptors (Lipinski definition) is 3. The Morgan fingerprint density at radius 3 is 2.50 bits per heavy atom. The molecule has 1 atom stereocenters. The molecular formula is C19H21BrFNO3S. The minimum absolute atomic E-state index is 0.0742. The molecule has 1 unspecified atom stereocenters. The van der Waals surface area contributed by atoms with Crippen LogP contribution in [0.4, 0.5) is 4.39 Å². The number of nitrogens with zero attached hydrogens (tertiary/aromatic N) is 1. The third-order valence-electron chi connectivity index (χ3n) is 4.13. The van der Waals surface area contributed by atoms with E-state index in [-0.39, 0.29) is 6.54 Å². The SMILES string of the molecule is CC=O.O=S1(=O)C(c2ccccc2)CCCN1Cc1ccc(Br)cc1F. The second-order valence-electron chi connectivity index (χ2n) is 5.89. The van der Waals surface area contributed by atoms with Gasteiger partial charge in [0.1, 0.15) is 17.4 Å². The van der Waals surface area contributed by atoms with Crippen LogP contribution in [0.1, 0.15) is 36.1 Å². The maximum atomic E-state index is 14.0. The molecule has 7 heteroatoms. The first kappa shape index (κ1) is 20.7. The average molecular weight is 442 g/mol. The van der Waals surface area contributed by atoms with Crippen LogP contribution in [0.2, 0.25) is 0 Å². The predicted octanol–water partition coefficient (Wildman–Crippen LogP) is 4.46. The van der Waals surface area contributed by atoms with E-state index in [4.69, 9.17) is 4.79 Å². The fourth-order valence-corrected chi connectivity index (χ4v) is 5.29. The number of hydrogen-bond donors (Lipinski definition) is 0. The van der Waals surface area contributed by atoms with Crippen molar-refractivity contribution in [1.29, 1.82) is 0 Å². The van der Waals surface area contributed by atoms with Crippen molar-refractivity contribution in [3.8, 4) is 0 Å². The van der Waals surface area contributed by atoms with Crippen LogP contribution in [0.15, 0.2) is 53.0 Å². The molecule has 0 amide bonds. The molecule has 4 nitrogen and oxygen atoms in total. The predicted molar refractivity (Wildman–Crippen MR) is 104 cm³/mol. The van der Waals surface area contributed by atoms with Crippen molar-refractivity contribution in [2.75, 3.05) is 6.54 Å². The van der Waals surface area contributed by atoms with E-state index in [0.29, 0.717) is 23.0 Å². The van der Waals surface area contributed by atoms with Crippen LogP contribution in [0.3, 0.4) is 0 Å². The molecule has 140 valence electrons. The molecule has 2 aromatic carbocycles. The molecule has 3 rings (SSSR count). The molecule has 1 saturated heterocycles. The lowest BCUT2D eigenvalue weighted by Crippen LogP contribution is -2.39. The summed E-state index contributed by atoms with van der Waals surface area (Å²) in [6, 6.07) is 14.0. The number of aldehydes is 1. The lowest BCUT2D eigenvalue weighted by Gasteiger charge is -2.32. The second-order valence-corrected chi connectivity index (χ2v) is 8.92. The first-order chi connectivity index (χ1) is 12.4. The summed E-state index contributed by atoms with van der Waals surface area (Å²) in [4.78, 5) is 8.81. The third-order valence-corrected chi connectivity index (χ3v) is 6.88. The molecule has 0 N–H and O–H groups in total. The van der Waals surface area contributed by atoms with Crippen molar-refractivity contribution < 1.29 is 17.6 Å². The molecule has 2 aromatic rings. The molecule has 0 spiro atoms. The van der Waals surface area contributed by atoms with Crippen LogP contribution in [-0.2, 0) is 21.4 Å². The van der Waals surface area contributed by atoms with Crippen LogP contribution in [0, 0.1) is 5.82 Å². The van der Waals surface area contributed by atoms with E-state index in [2.05, 4.69) is 15.9 Å². The minimum Gasteiger partial charge on any atom is -0.304 e. The summed E-state index contributed by atoms with van der Waals surface area (Å²) in [7, 11) is -3.49. The molecule has 1 aliphatic rings. The smallest absolute Gasteiger partial charge is 0.221 e. The van der Waals surface area contributed by atoms with E-state index in [9.17, 15) is 12.8 Å². The maximum Gasteiger partial charge on any atom is 0.221 e.